The van der Waals surface area contributed by atoms with Gasteiger partial charge in [-0.15, -0.1) is 0 Å². The fourth-order valence-electron chi connectivity index (χ4n) is 4.09. The minimum absolute atomic E-state index is 0.122. The van der Waals surface area contributed by atoms with Gasteiger partial charge in [-0.05, 0) is 36.8 Å². The third-order valence-electron chi connectivity index (χ3n) is 5.54. The van der Waals surface area contributed by atoms with Gasteiger partial charge in [0.15, 0.2) is 21.3 Å². The highest BCUT2D eigenvalue weighted by molar-refractivity contribution is 7.92. The van der Waals surface area contributed by atoms with Gasteiger partial charge < -0.3 is 19.9 Å². The van der Waals surface area contributed by atoms with Crippen molar-refractivity contribution in [1.82, 2.24) is 0 Å². The number of rotatable bonds is 6. The highest BCUT2D eigenvalue weighted by Gasteiger charge is 2.73. The lowest BCUT2D eigenvalue weighted by Gasteiger charge is -2.16. The topological polar surface area (TPSA) is 87.8 Å². The monoisotopic (exact) mass is 419 g/mol. The molecule has 8 heteroatoms. The van der Waals surface area contributed by atoms with Crippen LogP contribution < -0.4 is 15.2 Å². The van der Waals surface area contributed by atoms with Crippen LogP contribution in [0.1, 0.15) is 17.0 Å². The van der Waals surface area contributed by atoms with Crippen LogP contribution in [0.25, 0.3) is 0 Å². The Balaban J connectivity index is 1.81. The number of fused-ring (bicyclic) bond motifs is 1. The summed E-state index contributed by atoms with van der Waals surface area (Å²) in [5.74, 6) is 0.797. The molecule has 1 heterocycles. The van der Waals surface area contributed by atoms with Crippen LogP contribution in [-0.2, 0) is 14.6 Å². The van der Waals surface area contributed by atoms with Crippen LogP contribution >= 0.6 is 12.2 Å². The number of hydrogen-bond donors (Lipinski definition) is 1. The molecule has 1 fully saturated rings. The Morgan fingerprint density at radius 2 is 1.89 bits per heavy atom. The van der Waals surface area contributed by atoms with E-state index in [4.69, 9.17) is 32.2 Å². The third-order valence-corrected chi connectivity index (χ3v) is 8.21. The molecule has 0 radical (unpaired) electrons. The standard InChI is InChI=1S/C20H21NO5S2/c1-12-3-6-14(7-4-12)28(22,23)18-17(20(18,10-24-2)19(21)27)13-5-8-15-16(9-13)26-11-25-15/h3-9,17-18H,10-11H2,1-2H3,(H2,21,27)/t17-,18-,20-/m0/s1. The van der Waals surface area contributed by atoms with E-state index in [0.717, 1.165) is 11.1 Å². The van der Waals surface area contributed by atoms with E-state index in [1.54, 1.807) is 36.4 Å². The molecule has 6 nitrogen and oxygen atoms in total. The molecule has 4 rings (SSSR count). The van der Waals surface area contributed by atoms with Crippen molar-refractivity contribution in [2.24, 2.45) is 11.1 Å². The van der Waals surface area contributed by atoms with Crippen LogP contribution in [0.5, 0.6) is 11.5 Å². The Labute approximate surface area is 169 Å². The Morgan fingerprint density at radius 1 is 1.21 bits per heavy atom. The van der Waals surface area contributed by atoms with Gasteiger partial charge in [0.2, 0.25) is 6.79 Å². The lowest BCUT2D eigenvalue weighted by Crippen LogP contribution is -2.33. The first-order valence-corrected chi connectivity index (χ1v) is 10.8. The highest BCUT2D eigenvalue weighted by Crippen LogP contribution is 2.65. The maximum Gasteiger partial charge on any atom is 0.231 e. The quantitative estimate of drug-likeness (QED) is 0.720. The zero-order valence-electron chi connectivity index (χ0n) is 15.5. The minimum Gasteiger partial charge on any atom is -0.454 e. The number of thiocarbonyl (C=S) groups is 1. The first kappa shape index (κ1) is 19.2. The van der Waals surface area contributed by atoms with Gasteiger partial charge in [0.25, 0.3) is 0 Å². The lowest BCUT2D eigenvalue weighted by molar-refractivity contribution is 0.166. The fourth-order valence-corrected chi connectivity index (χ4v) is 6.86. The number of hydrogen-bond acceptors (Lipinski definition) is 6. The van der Waals surface area contributed by atoms with Gasteiger partial charge in [0.1, 0.15) is 0 Å². The minimum atomic E-state index is -3.69. The Kier molecular flexibility index (Phi) is 4.60. The molecule has 0 aromatic heterocycles. The first-order chi connectivity index (χ1) is 13.3. The predicted octanol–water partition coefficient (Wildman–Crippen LogP) is 2.58. The zero-order chi connectivity index (χ0) is 20.1. The molecule has 0 spiro atoms. The summed E-state index contributed by atoms with van der Waals surface area (Å²) in [6.07, 6.45) is 0. The largest absolute Gasteiger partial charge is 0.454 e. The summed E-state index contributed by atoms with van der Waals surface area (Å²) in [6, 6.07) is 12.2. The van der Waals surface area contributed by atoms with Crippen molar-refractivity contribution in [2.75, 3.05) is 20.5 Å². The second kappa shape index (κ2) is 6.72. The van der Waals surface area contributed by atoms with Crippen LogP contribution in [0.15, 0.2) is 47.4 Å². The summed E-state index contributed by atoms with van der Waals surface area (Å²) in [6.45, 7) is 2.18. The molecule has 2 aromatic carbocycles. The van der Waals surface area contributed by atoms with Crippen molar-refractivity contribution in [1.29, 1.82) is 0 Å². The lowest BCUT2D eigenvalue weighted by atomic mass is 9.99. The molecular formula is C20H21NO5S2. The van der Waals surface area contributed by atoms with Crippen LogP contribution in [-0.4, -0.2) is 39.2 Å². The normalized spacial score (nSPS) is 25.5. The van der Waals surface area contributed by atoms with Crippen molar-refractivity contribution in [3.63, 3.8) is 0 Å². The Morgan fingerprint density at radius 3 is 2.54 bits per heavy atom. The van der Waals surface area contributed by atoms with E-state index in [0.29, 0.717) is 11.5 Å². The van der Waals surface area contributed by atoms with E-state index in [-0.39, 0.29) is 23.3 Å². The van der Waals surface area contributed by atoms with Gasteiger partial charge in [-0.1, -0.05) is 36.0 Å². The summed E-state index contributed by atoms with van der Waals surface area (Å²) < 4.78 is 43.2. The molecule has 148 valence electrons. The molecule has 2 aliphatic rings. The van der Waals surface area contributed by atoms with E-state index in [1.165, 1.54) is 7.11 Å². The summed E-state index contributed by atoms with van der Waals surface area (Å²) in [5, 5.41) is -0.805. The molecule has 1 aliphatic carbocycles. The molecule has 2 aromatic rings. The van der Waals surface area contributed by atoms with E-state index >= 15 is 0 Å². The van der Waals surface area contributed by atoms with Crippen LogP contribution in [0.2, 0.25) is 0 Å². The summed E-state index contributed by atoms with van der Waals surface area (Å²) in [7, 11) is -2.17. The Bertz CT molecular complexity index is 1040. The molecule has 28 heavy (non-hydrogen) atoms. The van der Waals surface area contributed by atoms with Crippen LogP contribution in [0.3, 0.4) is 0 Å². The summed E-state index contributed by atoms with van der Waals surface area (Å²) >= 11 is 5.33. The van der Waals surface area contributed by atoms with Crippen LogP contribution in [0, 0.1) is 12.3 Å². The number of benzene rings is 2. The first-order valence-electron chi connectivity index (χ1n) is 8.81. The third kappa shape index (κ3) is 2.78. The molecule has 1 aliphatic heterocycles. The van der Waals surface area contributed by atoms with E-state index in [9.17, 15) is 8.42 Å². The molecule has 0 bridgehead atoms. The molecule has 0 unspecified atom stereocenters. The van der Waals surface area contributed by atoms with Gasteiger partial charge in [-0.3, -0.25) is 0 Å². The number of ether oxygens (including phenoxy) is 3. The number of nitrogens with two attached hydrogens (primary N) is 1. The van der Waals surface area contributed by atoms with E-state index in [1.807, 2.05) is 13.0 Å². The zero-order valence-corrected chi connectivity index (χ0v) is 17.2. The average molecular weight is 420 g/mol. The molecule has 1 saturated carbocycles. The fraction of sp³-hybridized carbons (Fsp3) is 0.350. The summed E-state index contributed by atoms with van der Waals surface area (Å²) in [5.41, 5.74) is 6.88. The number of methoxy groups -OCH3 is 1. The van der Waals surface area contributed by atoms with Gasteiger partial charge >= 0.3 is 0 Å². The molecule has 0 amide bonds. The SMILES string of the molecule is COC[C@]1(C(N)=S)[C@@H](c2ccc3c(c2)OCO3)[C@@H]1S(=O)(=O)c1ccc(C)cc1. The predicted molar refractivity (Wildman–Crippen MR) is 109 cm³/mol. The van der Waals surface area contributed by atoms with Crippen molar-refractivity contribution < 1.29 is 22.6 Å². The molecular weight excluding hydrogens is 398 g/mol. The second-order valence-corrected chi connectivity index (χ2v) is 9.72. The van der Waals surface area contributed by atoms with E-state index in [2.05, 4.69) is 0 Å². The molecule has 0 saturated heterocycles. The average Bonchev–Trinajstić information content (AvgIpc) is 3.13. The molecule has 3 atom stereocenters. The second-order valence-electron chi connectivity index (χ2n) is 7.21. The van der Waals surface area contributed by atoms with Crippen molar-refractivity contribution in [3.05, 3.63) is 53.6 Å². The number of aryl methyl sites for hydroxylation is 1. The smallest absolute Gasteiger partial charge is 0.231 e. The van der Waals surface area contributed by atoms with Crippen LogP contribution in [0.4, 0.5) is 0 Å². The Hall–Kier alpha value is -2.16. The van der Waals surface area contributed by atoms with Gasteiger partial charge in [-0.2, -0.15) is 0 Å². The van der Waals surface area contributed by atoms with Crippen molar-refractivity contribution in [3.8, 4) is 11.5 Å². The highest BCUT2D eigenvalue weighted by atomic mass is 32.2. The maximum atomic E-state index is 13.5. The summed E-state index contributed by atoms with van der Waals surface area (Å²) in [4.78, 5) is 0.390. The van der Waals surface area contributed by atoms with Crippen molar-refractivity contribution in [2.45, 2.75) is 23.0 Å². The van der Waals surface area contributed by atoms with E-state index < -0.39 is 26.4 Å². The van der Waals surface area contributed by atoms with Gasteiger partial charge in [0, 0.05) is 13.0 Å². The number of sulfone groups is 1. The van der Waals surface area contributed by atoms with Gasteiger partial charge in [-0.25, -0.2) is 8.42 Å². The maximum absolute atomic E-state index is 13.5. The van der Waals surface area contributed by atoms with Crippen molar-refractivity contribution >= 4 is 27.0 Å². The van der Waals surface area contributed by atoms with Gasteiger partial charge in [0.05, 0.1) is 27.2 Å². The molecule has 2 N–H and O–H groups in total.